The van der Waals surface area contributed by atoms with Gasteiger partial charge in [-0.15, -0.1) is 6.58 Å². The Morgan fingerprint density at radius 2 is 1.88 bits per heavy atom. The van der Waals surface area contributed by atoms with E-state index in [4.69, 9.17) is 0 Å². The average molecular weight is 331 g/mol. The van der Waals surface area contributed by atoms with E-state index in [2.05, 4.69) is 53.3 Å². The van der Waals surface area contributed by atoms with Crippen LogP contribution in [0.5, 0.6) is 0 Å². The van der Waals surface area contributed by atoms with E-state index >= 15 is 0 Å². The Morgan fingerprint density at radius 3 is 2.50 bits per heavy atom. The summed E-state index contributed by atoms with van der Waals surface area (Å²) in [7, 11) is 0. The quantitative estimate of drug-likeness (QED) is 0.522. The van der Waals surface area contributed by atoms with Crippen molar-refractivity contribution in [2.24, 2.45) is 16.7 Å². The van der Waals surface area contributed by atoms with Crippen LogP contribution < -0.4 is 0 Å². The van der Waals surface area contributed by atoms with Crippen LogP contribution in [0.2, 0.25) is 0 Å². The van der Waals surface area contributed by atoms with E-state index in [0.717, 1.165) is 38.5 Å². The Bertz CT molecular complexity index is 520. The number of hydrogen-bond acceptors (Lipinski definition) is 1. The average Bonchev–Trinajstić information content (AvgIpc) is 2.70. The second-order valence-electron chi connectivity index (χ2n) is 9.43. The smallest absolute Gasteiger partial charge is 0.0941 e. The van der Waals surface area contributed by atoms with Crippen molar-refractivity contribution in [3.8, 4) is 0 Å². The van der Waals surface area contributed by atoms with Crippen molar-refractivity contribution < 1.29 is 5.11 Å². The molecule has 2 rings (SSSR count). The molecule has 24 heavy (non-hydrogen) atoms. The van der Waals surface area contributed by atoms with E-state index in [9.17, 15) is 5.11 Å². The lowest BCUT2D eigenvalue weighted by molar-refractivity contribution is -0.0770. The van der Waals surface area contributed by atoms with Crippen molar-refractivity contribution in [3.63, 3.8) is 0 Å². The maximum atomic E-state index is 12.0. The first-order chi connectivity index (χ1) is 11.2. The Hall–Kier alpha value is -0.820. The fourth-order valence-electron chi connectivity index (χ4n) is 5.12. The molecule has 2 aliphatic carbocycles. The van der Waals surface area contributed by atoms with Crippen LogP contribution >= 0.6 is 0 Å². The van der Waals surface area contributed by atoms with E-state index in [0.29, 0.717) is 11.3 Å². The summed E-state index contributed by atoms with van der Waals surface area (Å²) in [4.78, 5) is 0. The van der Waals surface area contributed by atoms with Gasteiger partial charge in [-0.2, -0.15) is 0 Å². The maximum Gasteiger partial charge on any atom is 0.0941 e. The highest BCUT2D eigenvalue weighted by molar-refractivity contribution is 5.39. The minimum absolute atomic E-state index is 0.0381. The normalized spacial score (nSPS) is 29.8. The molecule has 0 saturated carbocycles. The minimum atomic E-state index is -0.624. The molecule has 1 N–H and O–H groups in total. The van der Waals surface area contributed by atoms with E-state index in [1.165, 1.54) is 18.4 Å². The van der Waals surface area contributed by atoms with Gasteiger partial charge in [0.05, 0.1) is 5.60 Å². The Morgan fingerprint density at radius 1 is 1.17 bits per heavy atom. The third kappa shape index (κ3) is 3.57. The fraction of sp³-hybridized carbons (Fsp3) is 0.739. The summed E-state index contributed by atoms with van der Waals surface area (Å²) in [6.45, 7) is 15.3. The molecular formula is C23H38O. The highest BCUT2D eigenvalue weighted by Gasteiger charge is 2.57. The van der Waals surface area contributed by atoms with Crippen LogP contribution in [0.25, 0.3) is 0 Å². The lowest BCUT2D eigenvalue weighted by Gasteiger charge is -2.47. The highest BCUT2D eigenvalue weighted by Crippen LogP contribution is 2.60. The number of hydrogen-bond donors (Lipinski definition) is 1. The summed E-state index contributed by atoms with van der Waals surface area (Å²) < 4.78 is 0. The SMILES string of the molecule is C=CC/C=C/CCC(CC)C1(O)C2=C(CCC(C)(C)C2)CC1(C)C. The largest absolute Gasteiger partial charge is 0.385 e. The molecule has 1 nitrogen and oxygen atoms in total. The van der Waals surface area contributed by atoms with Gasteiger partial charge in [-0.1, -0.05) is 64.8 Å². The number of aliphatic hydroxyl groups is 1. The molecule has 0 aromatic heterocycles. The van der Waals surface area contributed by atoms with Crippen molar-refractivity contribution in [3.05, 3.63) is 36.0 Å². The Labute approximate surface area is 149 Å². The zero-order chi connectivity index (χ0) is 18.0. The van der Waals surface area contributed by atoms with Crippen LogP contribution in [-0.2, 0) is 0 Å². The van der Waals surface area contributed by atoms with Crippen molar-refractivity contribution in [1.82, 2.24) is 0 Å². The summed E-state index contributed by atoms with van der Waals surface area (Å²) in [6.07, 6.45) is 15.1. The van der Waals surface area contributed by atoms with Crippen molar-refractivity contribution in [2.45, 2.75) is 91.6 Å². The van der Waals surface area contributed by atoms with Gasteiger partial charge in [0.1, 0.15) is 0 Å². The van der Waals surface area contributed by atoms with E-state index < -0.39 is 5.60 Å². The van der Waals surface area contributed by atoms with Gasteiger partial charge >= 0.3 is 0 Å². The summed E-state index contributed by atoms with van der Waals surface area (Å²) in [5, 5.41) is 12.0. The van der Waals surface area contributed by atoms with Gasteiger partial charge in [-0.3, -0.25) is 0 Å². The molecule has 136 valence electrons. The summed E-state index contributed by atoms with van der Waals surface area (Å²) in [6, 6.07) is 0. The molecule has 0 amide bonds. The molecule has 2 unspecified atom stereocenters. The monoisotopic (exact) mass is 330 g/mol. The topological polar surface area (TPSA) is 20.2 Å². The lowest BCUT2D eigenvalue weighted by atomic mass is 9.62. The Kier molecular flexibility index (Phi) is 5.85. The van der Waals surface area contributed by atoms with Gasteiger partial charge in [0.15, 0.2) is 0 Å². The van der Waals surface area contributed by atoms with Crippen molar-refractivity contribution in [2.75, 3.05) is 0 Å². The number of rotatable bonds is 7. The molecule has 2 aliphatic rings. The third-order valence-electron chi connectivity index (χ3n) is 6.57. The highest BCUT2D eigenvalue weighted by atomic mass is 16.3. The van der Waals surface area contributed by atoms with Crippen molar-refractivity contribution in [1.29, 1.82) is 0 Å². The van der Waals surface area contributed by atoms with Crippen LogP contribution in [0.1, 0.15) is 86.0 Å². The molecule has 0 heterocycles. The predicted molar refractivity (Wildman–Crippen MR) is 105 cm³/mol. The first kappa shape index (κ1) is 19.5. The minimum Gasteiger partial charge on any atom is -0.385 e. The molecule has 0 fully saturated rings. The second kappa shape index (κ2) is 7.20. The molecule has 1 heteroatoms. The summed E-state index contributed by atoms with van der Waals surface area (Å²) in [5.74, 6) is 0.349. The standard InChI is InChI=1S/C23H38O/c1-7-9-10-11-12-13-19(8-2)23(24)20-17-21(3,4)15-14-18(20)16-22(23,5)6/h7,10-11,19,24H,1,8-9,12-17H2,2-6H3/b11-10+. The van der Waals surface area contributed by atoms with Crippen molar-refractivity contribution >= 4 is 0 Å². The first-order valence-corrected chi connectivity index (χ1v) is 9.87. The molecule has 0 radical (unpaired) electrons. The van der Waals surface area contributed by atoms with Gasteiger partial charge in [-0.05, 0) is 61.9 Å². The van der Waals surface area contributed by atoms with Crippen LogP contribution in [-0.4, -0.2) is 10.7 Å². The van der Waals surface area contributed by atoms with Crippen LogP contribution in [0.15, 0.2) is 36.0 Å². The van der Waals surface area contributed by atoms with E-state index in [-0.39, 0.29) is 5.41 Å². The maximum absolute atomic E-state index is 12.0. The zero-order valence-corrected chi connectivity index (χ0v) is 16.6. The van der Waals surface area contributed by atoms with Gasteiger partial charge < -0.3 is 5.11 Å². The fourth-order valence-corrected chi connectivity index (χ4v) is 5.12. The molecule has 2 atom stereocenters. The molecular weight excluding hydrogens is 292 g/mol. The van der Waals surface area contributed by atoms with Crippen LogP contribution in [0, 0.1) is 16.7 Å². The predicted octanol–water partition coefficient (Wildman–Crippen LogP) is 6.59. The molecule has 0 aliphatic heterocycles. The van der Waals surface area contributed by atoms with Gasteiger partial charge in [0, 0.05) is 5.41 Å². The van der Waals surface area contributed by atoms with E-state index in [1.807, 2.05) is 6.08 Å². The second-order valence-corrected chi connectivity index (χ2v) is 9.43. The third-order valence-corrected chi connectivity index (χ3v) is 6.57. The van der Waals surface area contributed by atoms with Gasteiger partial charge in [0.2, 0.25) is 0 Å². The lowest BCUT2D eigenvalue weighted by Crippen LogP contribution is -2.50. The zero-order valence-electron chi connectivity index (χ0n) is 16.6. The van der Waals surface area contributed by atoms with E-state index in [1.54, 1.807) is 5.57 Å². The van der Waals surface area contributed by atoms with Gasteiger partial charge in [0.25, 0.3) is 0 Å². The first-order valence-electron chi connectivity index (χ1n) is 9.87. The van der Waals surface area contributed by atoms with Crippen LogP contribution in [0.3, 0.4) is 0 Å². The molecule has 0 aromatic rings. The van der Waals surface area contributed by atoms with Crippen LogP contribution in [0.4, 0.5) is 0 Å². The van der Waals surface area contributed by atoms with Gasteiger partial charge in [-0.25, -0.2) is 0 Å². The summed E-state index contributed by atoms with van der Waals surface area (Å²) >= 11 is 0. The Balaban J connectivity index is 2.24. The molecule has 0 aromatic carbocycles. The summed E-state index contributed by atoms with van der Waals surface area (Å²) in [5.41, 5.74) is 2.65. The number of allylic oxidation sites excluding steroid dienone is 4. The molecule has 0 bridgehead atoms. The molecule has 0 saturated heterocycles. The molecule has 0 spiro atoms.